The lowest BCUT2D eigenvalue weighted by Crippen LogP contribution is -2.12. The van der Waals surface area contributed by atoms with Crippen LogP contribution >= 0.6 is 23.2 Å². The number of anilines is 1. The van der Waals surface area contributed by atoms with Crippen molar-refractivity contribution in [3.8, 4) is 0 Å². The summed E-state index contributed by atoms with van der Waals surface area (Å²) in [6, 6.07) is 7.65. The largest absolute Gasteiger partial charge is 0.478 e. The molecule has 1 amide bonds. The summed E-state index contributed by atoms with van der Waals surface area (Å²) in [6.07, 6.45) is 0. The quantitative estimate of drug-likeness (QED) is 0.862. The number of carbonyl (C=O) groups is 2. The number of aromatic carboxylic acids is 1. The molecule has 0 fully saturated rings. The topological polar surface area (TPSA) is 66.4 Å². The Kier molecular flexibility index (Phi) is 4.74. The molecule has 0 heterocycles. The van der Waals surface area contributed by atoms with E-state index < -0.39 is 5.97 Å². The van der Waals surface area contributed by atoms with Crippen molar-refractivity contribution in [3.63, 3.8) is 0 Å². The molecule has 0 spiro atoms. The Bertz CT molecular complexity index is 749. The lowest BCUT2D eigenvalue weighted by molar-refractivity contribution is 0.0696. The third-order valence-corrected chi connectivity index (χ3v) is 4.04. The molecule has 0 saturated carbocycles. The molecule has 4 nitrogen and oxygen atoms in total. The molecular weight excluding hydrogens is 325 g/mol. The predicted octanol–water partition coefficient (Wildman–Crippen LogP) is 4.56. The summed E-state index contributed by atoms with van der Waals surface area (Å²) in [6.45, 7) is 3.43. The van der Waals surface area contributed by atoms with E-state index in [2.05, 4.69) is 5.32 Å². The van der Waals surface area contributed by atoms with Crippen LogP contribution < -0.4 is 5.32 Å². The number of rotatable bonds is 3. The van der Waals surface area contributed by atoms with Crippen molar-refractivity contribution in [2.45, 2.75) is 13.8 Å². The number of hydrogen-bond acceptors (Lipinski definition) is 2. The van der Waals surface area contributed by atoms with Crippen molar-refractivity contribution in [2.75, 3.05) is 5.32 Å². The molecule has 0 atom stereocenters. The van der Waals surface area contributed by atoms with Crippen LogP contribution in [-0.2, 0) is 0 Å². The van der Waals surface area contributed by atoms with E-state index in [1.165, 1.54) is 24.3 Å². The zero-order valence-electron chi connectivity index (χ0n) is 11.9. The van der Waals surface area contributed by atoms with Gasteiger partial charge in [0, 0.05) is 21.3 Å². The minimum absolute atomic E-state index is 0.194. The van der Waals surface area contributed by atoms with E-state index in [0.29, 0.717) is 32.4 Å². The first-order chi connectivity index (χ1) is 10.3. The van der Waals surface area contributed by atoms with Crippen LogP contribution in [0.3, 0.4) is 0 Å². The highest BCUT2D eigenvalue weighted by molar-refractivity contribution is 6.36. The Morgan fingerprint density at radius 1 is 1.05 bits per heavy atom. The Balaban J connectivity index is 2.26. The second-order valence-corrected chi connectivity index (χ2v) is 5.67. The molecule has 0 aliphatic heterocycles. The van der Waals surface area contributed by atoms with Crippen molar-refractivity contribution in [1.82, 2.24) is 0 Å². The van der Waals surface area contributed by atoms with Gasteiger partial charge < -0.3 is 10.4 Å². The van der Waals surface area contributed by atoms with Gasteiger partial charge in [-0.3, -0.25) is 4.79 Å². The number of carbonyl (C=O) groups excluding carboxylic acids is 1. The van der Waals surface area contributed by atoms with Gasteiger partial charge in [0.15, 0.2) is 0 Å². The van der Waals surface area contributed by atoms with Crippen LogP contribution in [0.1, 0.15) is 31.8 Å². The van der Waals surface area contributed by atoms with Crippen LogP contribution in [0.2, 0.25) is 10.0 Å². The molecule has 0 saturated heterocycles. The fourth-order valence-electron chi connectivity index (χ4n) is 1.96. The van der Waals surface area contributed by atoms with Crippen LogP contribution in [0.4, 0.5) is 5.69 Å². The highest BCUT2D eigenvalue weighted by Gasteiger charge is 2.12. The van der Waals surface area contributed by atoms with E-state index in [-0.39, 0.29) is 11.5 Å². The molecule has 22 heavy (non-hydrogen) atoms. The van der Waals surface area contributed by atoms with Gasteiger partial charge in [0.1, 0.15) is 0 Å². The van der Waals surface area contributed by atoms with Gasteiger partial charge in [-0.1, -0.05) is 23.2 Å². The monoisotopic (exact) mass is 337 g/mol. The fourth-order valence-corrected chi connectivity index (χ4v) is 2.45. The summed E-state index contributed by atoms with van der Waals surface area (Å²) in [5.41, 5.74) is 2.30. The Morgan fingerprint density at radius 2 is 1.64 bits per heavy atom. The summed E-state index contributed by atoms with van der Waals surface area (Å²) in [7, 11) is 0. The standard InChI is InChI=1S/C16H13Cl2NO3/c1-8-5-11(3-4-12(8)16(21)22)19-15(20)10-6-13(17)9(2)14(18)7-10/h3-7H,1-2H3,(H,19,20)(H,21,22). The summed E-state index contributed by atoms with van der Waals surface area (Å²) >= 11 is 12.0. The maximum absolute atomic E-state index is 12.2. The van der Waals surface area contributed by atoms with Gasteiger partial charge in [-0.15, -0.1) is 0 Å². The lowest BCUT2D eigenvalue weighted by atomic mass is 10.1. The van der Waals surface area contributed by atoms with E-state index in [9.17, 15) is 9.59 Å². The molecule has 2 rings (SSSR count). The number of carboxylic acids is 1. The number of hydrogen-bond donors (Lipinski definition) is 2. The number of aryl methyl sites for hydroxylation is 1. The smallest absolute Gasteiger partial charge is 0.335 e. The molecule has 2 N–H and O–H groups in total. The molecule has 6 heteroatoms. The van der Waals surface area contributed by atoms with Crippen LogP contribution in [-0.4, -0.2) is 17.0 Å². The van der Waals surface area contributed by atoms with E-state index in [1.807, 2.05) is 0 Å². The molecular formula is C16H13Cl2NO3. The van der Waals surface area contributed by atoms with Crippen molar-refractivity contribution < 1.29 is 14.7 Å². The second-order valence-electron chi connectivity index (χ2n) is 4.85. The van der Waals surface area contributed by atoms with Gasteiger partial charge in [-0.05, 0) is 55.3 Å². The zero-order valence-corrected chi connectivity index (χ0v) is 13.4. The second kappa shape index (κ2) is 6.38. The first-order valence-corrected chi connectivity index (χ1v) is 7.16. The van der Waals surface area contributed by atoms with Gasteiger partial charge >= 0.3 is 5.97 Å². The van der Waals surface area contributed by atoms with Crippen LogP contribution in [0.15, 0.2) is 30.3 Å². The Hall–Kier alpha value is -2.04. The first kappa shape index (κ1) is 16.3. The SMILES string of the molecule is Cc1cc(NC(=O)c2cc(Cl)c(C)c(Cl)c2)ccc1C(=O)O. The number of amides is 1. The molecule has 2 aromatic rings. The fraction of sp³-hybridized carbons (Fsp3) is 0.125. The average molecular weight is 338 g/mol. The number of halogens is 2. The number of benzene rings is 2. The summed E-state index contributed by atoms with van der Waals surface area (Å²) in [5, 5.41) is 12.5. The van der Waals surface area contributed by atoms with E-state index in [4.69, 9.17) is 28.3 Å². The zero-order chi connectivity index (χ0) is 16.4. The van der Waals surface area contributed by atoms with Crippen molar-refractivity contribution >= 4 is 40.8 Å². The molecule has 0 aliphatic rings. The van der Waals surface area contributed by atoms with Gasteiger partial charge in [-0.2, -0.15) is 0 Å². The molecule has 0 unspecified atom stereocenters. The van der Waals surface area contributed by atoms with Gasteiger partial charge in [0.25, 0.3) is 5.91 Å². The van der Waals surface area contributed by atoms with E-state index in [1.54, 1.807) is 19.9 Å². The van der Waals surface area contributed by atoms with Crippen LogP contribution in [0.5, 0.6) is 0 Å². The lowest BCUT2D eigenvalue weighted by Gasteiger charge is -2.09. The first-order valence-electron chi connectivity index (χ1n) is 6.40. The van der Waals surface area contributed by atoms with Crippen molar-refractivity contribution in [2.24, 2.45) is 0 Å². The minimum atomic E-state index is -1.01. The van der Waals surface area contributed by atoms with Crippen LogP contribution in [0, 0.1) is 13.8 Å². The Morgan fingerprint density at radius 3 is 2.14 bits per heavy atom. The molecule has 2 aromatic carbocycles. The van der Waals surface area contributed by atoms with E-state index in [0.717, 1.165) is 0 Å². The third-order valence-electron chi connectivity index (χ3n) is 3.26. The number of carboxylic acid groups (broad SMARTS) is 1. The van der Waals surface area contributed by atoms with Gasteiger partial charge in [0.05, 0.1) is 5.56 Å². The maximum Gasteiger partial charge on any atom is 0.335 e. The highest BCUT2D eigenvalue weighted by Crippen LogP contribution is 2.26. The normalized spacial score (nSPS) is 10.4. The maximum atomic E-state index is 12.2. The molecule has 0 aliphatic carbocycles. The average Bonchev–Trinajstić information content (AvgIpc) is 2.43. The van der Waals surface area contributed by atoms with Crippen LogP contribution in [0.25, 0.3) is 0 Å². The predicted molar refractivity (Wildman–Crippen MR) is 87.3 cm³/mol. The third kappa shape index (κ3) is 3.40. The highest BCUT2D eigenvalue weighted by atomic mass is 35.5. The minimum Gasteiger partial charge on any atom is -0.478 e. The van der Waals surface area contributed by atoms with Gasteiger partial charge in [-0.25, -0.2) is 4.79 Å². The summed E-state index contributed by atoms with van der Waals surface area (Å²) in [5.74, 6) is -1.38. The molecule has 0 radical (unpaired) electrons. The Labute approximate surface area is 137 Å². The van der Waals surface area contributed by atoms with Crippen molar-refractivity contribution in [1.29, 1.82) is 0 Å². The van der Waals surface area contributed by atoms with E-state index >= 15 is 0 Å². The summed E-state index contributed by atoms with van der Waals surface area (Å²) in [4.78, 5) is 23.2. The molecule has 0 aromatic heterocycles. The number of nitrogens with one attached hydrogen (secondary N) is 1. The molecule has 0 bridgehead atoms. The molecule has 114 valence electrons. The van der Waals surface area contributed by atoms with Gasteiger partial charge in [0.2, 0.25) is 0 Å². The summed E-state index contributed by atoms with van der Waals surface area (Å²) < 4.78 is 0. The van der Waals surface area contributed by atoms with Crippen molar-refractivity contribution in [3.05, 3.63) is 62.6 Å².